The summed E-state index contributed by atoms with van der Waals surface area (Å²) >= 11 is 1.37. The van der Waals surface area contributed by atoms with Crippen LogP contribution in [0.2, 0.25) is 0 Å². The van der Waals surface area contributed by atoms with E-state index in [9.17, 15) is 9.59 Å². The van der Waals surface area contributed by atoms with E-state index in [4.69, 9.17) is 14.6 Å². The van der Waals surface area contributed by atoms with Crippen molar-refractivity contribution in [2.75, 3.05) is 25.2 Å². The van der Waals surface area contributed by atoms with Gasteiger partial charge in [0.25, 0.3) is 5.91 Å². The summed E-state index contributed by atoms with van der Waals surface area (Å²) in [6.45, 7) is -0.453. The summed E-state index contributed by atoms with van der Waals surface area (Å²) in [6, 6.07) is 8.29. The molecule has 4 rings (SSSR count). The number of anilines is 1. The Morgan fingerprint density at radius 1 is 1.33 bits per heavy atom. The van der Waals surface area contributed by atoms with Crippen molar-refractivity contribution in [3.63, 3.8) is 0 Å². The minimum Gasteiger partial charge on any atom is -0.482 e. The monoisotopic (exact) mass is 385 g/mol. The molecular formula is C18H15N3O5S. The van der Waals surface area contributed by atoms with Gasteiger partial charge in [0.1, 0.15) is 27.7 Å². The lowest BCUT2D eigenvalue weighted by Gasteiger charge is -2.29. The second-order valence-corrected chi connectivity index (χ2v) is 6.88. The molecule has 27 heavy (non-hydrogen) atoms. The molecule has 0 saturated heterocycles. The van der Waals surface area contributed by atoms with E-state index in [0.717, 1.165) is 10.3 Å². The number of hydrogen-bond donors (Lipinski definition) is 1. The van der Waals surface area contributed by atoms with Crippen LogP contribution in [0.4, 0.5) is 5.69 Å². The van der Waals surface area contributed by atoms with Gasteiger partial charge in [0.2, 0.25) is 5.88 Å². The van der Waals surface area contributed by atoms with Crippen molar-refractivity contribution in [2.45, 2.75) is 6.54 Å². The maximum absolute atomic E-state index is 12.4. The number of carbonyl (C=O) groups is 2. The molecule has 2 aromatic heterocycles. The molecule has 3 heterocycles. The molecule has 0 bridgehead atoms. The average molecular weight is 385 g/mol. The van der Waals surface area contributed by atoms with Crippen LogP contribution in [0.3, 0.4) is 0 Å². The minimum atomic E-state index is -0.598. The Hall–Kier alpha value is -3.04. The van der Waals surface area contributed by atoms with Gasteiger partial charge < -0.3 is 14.6 Å². The molecule has 0 atom stereocenters. The van der Waals surface area contributed by atoms with Crippen molar-refractivity contribution >= 4 is 39.1 Å². The summed E-state index contributed by atoms with van der Waals surface area (Å²) in [5.74, 6) is 0.343. The number of rotatable bonds is 5. The Bertz CT molecular complexity index is 1050. The van der Waals surface area contributed by atoms with Gasteiger partial charge in [-0.05, 0) is 24.3 Å². The molecule has 1 aromatic carbocycles. The zero-order chi connectivity index (χ0) is 19.0. The van der Waals surface area contributed by atoms with Crippen LogP contribution in [0, 0.1) is 0 Å². The van der Waals surface area contributed by atoms with Crippen LogP contribution >= 0.6 is 11.3 Å². The number of amides is 1. The van der Waals surface area contributed by atoms with E-state index < -0.39 is 12.4 Å². The third-order valence-electron chi connectivity index (χ3n) is 4.14. The van der Waals surface area contributed by atoms with Crippen molar-refractivity contribution < 1.29 is 24.2 Å². The van der Waals surface area contributed by atoms with Gasteiger partial charge in [-0.15, -0.1) is 0 Å². The van der Waals surface area contributed by atoms with E-state index in [2.05, 4.69) is 9.97 Å². The van der Waals surface area contributed by atoms with Crippen LogP contribution in [0.5, 0.6) is 11.6 Å². The van der Waals surface area contributed by atoms with Gasteiger partial charge >= 0.3 is 0 Å². The summed E-state index contributed by atoms with van der Waals surface area (Å²) in [5, 5.41) is 9.78. The number of aromatic nitrogens is 2. The highest BCUT2D eigenvalue weighted by atomic mass is 32.1. The molecule has 1 aliphatic rings. The fraction of sp³-hybridized carbons (Fsp3) is 0.222. The smallest absolute Gasteiger partial charge is 0.265 e. The average Bonchev–Trinajstić information content (AvgIpc) is 3.10. The summed E-state index contributed by atoms with van der Waals surface area (Å²) in [6.07, 6.45) is 0. The number of aliphatic hydroxyl groups is 1. The quantitative estimate of drug-likeness (QED) is 0.668. The Kier molecular flexibility index (Phi) is 4.46. The summed E-state index contributed by atoms with van der Waals surface area (Å²) < 4.78 is 10.6. The molecule has 3 aromatic rings. The molecular weight excluding hydrogens is 370 g/mol. The molecule has 9 heteroatoms. The topological polar surface area (TPSA) is 102 Å². The van der Waals surface area contributed by atoms with E-state index in [1.807, 2.05) is 6.07 Å². The van der Waals surface area contributed by atoms with E-state index in [-0.39, 0.29) is 19.1 Å². The predicted molar refractivity (Wildman–Crippen MR) is 98.5 cm³/mol. The lowest BCUT2D eigenvalue weighted by Crippen LogP contribution is -2.38. The number of methoxy groups -OCH3 is 1. The Morgan fingerprint density at radius 2 is 2.19 bits per heavy atom. The molecule has 0 aliphatic carbocycles. The standard InChI is InChI=1S/C18H15N3O5S/c1-25-15-5-3-11-18(20-15)27-16(19-11)7-21-12-6-10(13(23)8-22)2-4-14(12)26-9-17(21)24/h2-6,22H,7-9H2,1H3. The van der Waals surface area contributed by atoms with Crippen molar-refractivity contribution in [1.82, 2.24) is 9.97 Å². The number of carbonyl (C=O) groups excluding carboxylic acids is 2. The highest BCUT2D eigenvalue weighted by Crippen LogP contribution is 2.35. The zero-order valence-electron chi connectivity index (χ0n) is 14.3. The van der Waals surface area contributed by atoms with E-state index in [0.29, 0.717) is 27.9 Å². The van der Waals surface area contributed by atoms with Gasteiger partial charge in [0.15, 0.2) is 12.4 Å². The number of ether oxygens (including phenoxy) is 2. The number of Topliss-reactive ketones (excluding diaryl/α,β-unsaturated/α-hetero) is 1. The van der Waals surface area contributed by atoms with E-state index in [1.54, 1.807) is 31.4 Å². The molecule has 138 valence electrons. The summed E-state index contributed by atoms with van der Waals surface area (Å²) in [5.41, 5.74) is 1.52. The number of nitrogens with zero attached hydrogens (tertiary/aromatic N) is 3. The van der Waals surface area contributed by atoms with E-state index in [1.165, 1.54) is 16.2 Å². The van der Waals surface area contributed by atoms with Gasteiger partial charge in [0, 0.05) is 11.6 Å². The molecule has 1 aliphatic heterocycles. The largest absolute Gasteiger partial charge is 0.482 e. The van der Waals surface area contributed by atoms with Crippen molar-refractivity contribution in [3.05, 3.63) is 40.9 Å². The van der Waals surface area contributed by atoms with Crippen molar-refractivity contribution in [1.29, 1.82) is 0 Å². The van der Waals surface area contributed by atoms with Crippen LogP contribution in [0.25, 0.3) is 10.3 Å². The molecule has 1 N–H and O–H groups in total. The molecule has 0 unspecified atom stereocenters. The van der Waals surface area contributed by atoms with Gasteiger partial charge in [-0.2, -0.15) is 0 Å². The number of ketones is 1. The normalized spacial score (nSPS) is 13.4. The minimum absolute atomic E-state index is 0.0861. The van der Waals surface area contributed by atoms with Crippen LogP contribution in [-0.4, -0.2) is 47.1 Å². The lowest BCUT2D eigenvalue weighted by molar-refractivity contribution is -0.121. The fourth-order valence-corrected chi connectivity index (χ4v) is 3.72. The number of benzene rings is 1. The number of thiazole rings is 1. The van der Waals surface area contributed by atoms with Gasteiger partial charge in [-0.1, -0.05) is 11.3 Å². The maximum atomic E-state index is 12.4. The lowest BCUT2D eigenvalue weighted by atomic mass is 10.1. The number of aliphatic hydroxyl groups excluding tert-OH is 1. The van der Waals surface area contributed by atoms with Gasteiger partial charge in [-0.3, -0.25) is 14.5 Å². The summed E-state index contributed by atoms with van der Waals surface area (Å²) in [7, 11) is 1.55. The third kappa shape index (κ3) is 3.22. The Balaban J connectivity index is 1.69. The highest BCUT2D eigenvalue weighted by Gasteiger charge is 2.27. The highest BCUT2D eigenvalue weighted by molar-refractivity contribution is 7.18. The molecule has 0 fully saturated rings. The number of hydrogen-bond acceptors (Lipinski definition) is 8. The molecule has 1 amide bonds. The molecule has 0 radical (unpaired) electrons. The predicted octanol–water partition coefficient (Wildman–Crippen LogP) is 1.80. The first-order valence-electron chi connectivity index (χ1n) is 8.11. The number of fused-ring (bicyclic) bond motifs is 2. The molecule has 0 saturated carbocycles. The Labute approximate surface area is 158 Å². The third-order valence-corrected chi connectivity index (χ3v) is 5.09. The first-order chi connectivity index (χ1) is 13.1. The maximum Gasteiger partial charge on any atom is 0.265 e. The van der Waals surface area contributed by atoms with Gasteiger partial charge in [0.05, 0.1) is 19.3 Å². The number of pyridine rings is 1. The van der Waals surface area contributed by atoms with Crippen LogP contribution in [0.1, 0.15) is 15.4 Å². The molecule has 8 nitrogen and oxygen atoms in total. The van der Waals surface area contributed by atoms with Crippen molar-refractivity contribution in [2.24, 2.45) is 0 Å². The van der Waals surface area contributed by atoms with Crippen LogP contribution < -0.4 is 14.4 Å². The molecule has 0 spiro atoms. The first-order valence-corrected chi connectivity index (χ1v) is 8.92. The second-order valence-electron chi connectivity index (χ2n) is 5.82. The van der Waals surface area contributed by atoms with Crippen LogP contribution in [-0.2, 0) is 11.3 Å². The van der Waals surface area contributed by atoms with Crippen LogP contribution in [0.15, 0.2) is 30.3 Å². The zero-order valence-corrected chi connectivity index (χ0v) is 15.2. The summed E-state index contributed by atoms with van der Waals surface area (Å²) in [4.78, 5) is 35.4. The second kappa shape index (κ2) is 6.93. The Morgan fingerprint density at radius 3 is 2.96 bits per heavy atom. The van der Waals surface area contributed by atoms with E-state index >= 15 is 0 Å². The SMILES string of the molecule is COc1ccc2nc(CN3C(=O)COc4ccc(C(=O)CO)cc43)sc2n1. The fourth-order valence-electron chi connectivity index (χ4n) is 2.80. The van der Waals surface area contributed by atoms with Crippen molar-refractivity contribution in [3.8, 4) is 11.6 Å². The first kappa shape index (κ1) is 17.4. The van der Waals surface area contributed by atoms with Gasteiger partial charge in [-0.25, -0.2) is 9.97 Å².